The molecule has 2 N–H and O–H groups in total. The normalized spacial score (nSPS) is 7.15. The molecule has 0 atom stereocenters. The summed E-state index contributed by atoms with van der Waals surface area (Å²) in [6.07, 6.45) is 1.54. The van der Waals surface area contributed by atoms with Gasteiger partial charge in [0.25, 0.3) is 5.97 Å². The van der Waals surface area contributed by atoms with Crippen molar-refractivity contribution in [1.82, 2.24) is 0 Å². The van der Waals surface area contributed by atoms with E-state index in [1.165, 1.54) is 0 Å². The van der Waals surface area contributed by atoms with Crippen molar-refractivity contribution in [1.29, 1.82) is 0 Å². The Hall–Kier alpha value is -0.900. The number of Topliss-reactive ketones (excluding diaryl/α,β-unsaturated/α-hetero) is 1. The Bertz CT molecular complexity index is 115. The van der Waals surface area contributed by atoms with Crippen LogP contribution in [0.25, 0.3) is 0 Å². The Morgan fingerprint density at radius 2 is 1.31 bits per heavy atom. The van der Waals surface area contributed by atoms with E-state index in [1.807, 2.05) is 13.8 Å². The predicted octanol–water partition coefficient (Wildman–Crippen LogP) is 1.46. The molecule has 0 heterocycles. The molecule has 80 valence electrons. The molecular formula is C9H20O4. The molecule has 0 aliphatic carbocycles. The van der Waals surface area contributed by atoms with Gasteiger partial charge in [-0.3, -0.25) is 4.79 Å². The summed E-state index contributed by atoms with van der Waals surface area (Å²) < 4.78 is 0. The number of hydrogen-bond acceptors (Lipinski definition) is 3. The number of carbonyl (C=O) groups is 2. The Balaban J connectivity index is -0.000000117. The maximum absolute atomic E-state index is 9.81. The van der Waals surface area contributed by atoms with Crippen molar-refractivity contribution in [2.45, 2.75) is 40.5 Å². The SMILES string of the molecule is CC(=O)O.CCC(C)=O.CCCO. The first kappa shape index (κ1) is 18.0. The zero-order valence-corrected chi connectivity index (χ0v) is 8.83. The summed E-state index contributed by atoms with van der Waals surface area (Å²) in [7, 11) is 0. The standard InChI is InChI=1S/C4H8O.C3H8O.C2H4O2/c1-3-4(2)5;1-2-3-4;1-2(3)4/h3H2,1-2H3;4H,2-3H2,1H3;1H3,(H,3,4). The zero-order chi connectivity index (χ0) is 11.3. The van der Waals surface area contributed by atoms with Crippen LogP contribution in [0.3, 0.4) is 0 Å². The number of ketones is 1. The van der Waals surface area contributed by atoms with Crippen LogP contribution in [0, 0.1) is 0 Å². The first-order valence-corrected chi connectivity index (χ1v) is 4.22. The molecule has 0 bridgehead atoms. The summed E-state index contributed by atoms with van der Waals surface area (Å²) in [5, 5.41) is 15.3. The fraction of sp³-hybridized carbons (Fsp3) is 0.778. The van der Waals surface area contributed by atoms with E-state index in [1.54, 1.807) is 6.92 Å². The molecule has 0 aliphatic rings. The van der Waals surface area contributed by atoms with Crippen molar-refractivity contribution in [3.8, 4) is 0 Å². The van der Waals surface area contributed by atoms with Crippen LogP contribution in [-0.4, -0.2) is 28.6 Å². The van der Waals surface area contributed by atoms with Gasteiger partial charge in [-0.1, -0.05) is 13.8 Å². The van der Waals surface area contributed by atoms with Crippen molar-refractivity contribution < 1.29 is 19.8 Å². The van der Waals surface area contributed by atoms with Gasteiger partial charge in [0.1, 0.15) is 5.78 Å². The third kappa shape index (κ3) is 208. The Morgan fingerprint density at radius 1 is 1.15 bits per heavy atom. The van der Waals surface area contributed by atoms with Crippen molar-refractivity contribution in [3.05, 3.63) is 0 Å². The molecule has 0 aromatic rings. The fourth-order valence-electron chi connectivity index (χ4n) is 0. The monoisotopic (exact) mass is 192 g/mol. The number of carbonyl (C=O) groups excluding carboxylic acids is 1. The molecule has 0 unspecified atom stereocenters. The molecule has 0 spiro atoms. The van der Waals surface area contributed by atoms with Crippen molar-refractivity contribution in [2.75, 3.05) is 6.61 Å². The van der Waals surface area contributed by atoms with Gasteiger partial charge in [-0.25, -0.2) is 0 Å². The van der Waals surface area contributed by atoms with Gasteiger partial charge >= 0.3 is 0 Å². The van der Waals surface area contributed by atoms with E-state index in [2.05, 4.69) is 0 Å². The average molecular weight is 192 g/mol. The van der Waals surface area contributed by atoms with Gasteiger partial charge in [0.2, 0.25) is 0 Å². The van der Waals surface area contributed by atoms with Gasteiger partial charge in [-0.15, -0.1) is 0 Å². The minimum Gasteiger partial charge on any atom is -0.481 e. The highest BCUT2D eigenvalue weighted by molar-refractivity contribution is 5.74. The predicted molar refractivity (Wildman–Crippen MR) is 51.7 cm³/mol. The minimum absolute atomic E-state index is 0.255. The number of aliphatic hydroxyl groups is 1. The molecule has 0 aromatic carbocycles. The Morgan fingerprint density at radius 3 is 1.31 bits per heavy atom. The van der Waals surface area contributed by atoms with Crippen LogP contribution in [0.4, 0.5) is 0 Å². The van der Waals surface area contributed by atoms with E-state index >= 15 is 0 Å². The summed E-state index contributed by atoms with van der Waals surface area (Å²) in [4.78, 5) is 18.8. The van der Waals surface area contributed by atoms with E-state index < -0.39 is 5.97 Å². The van der Waals surface area contributed by atoms with E-state index in [9.17, 15) is 4.79 Å². The highest BCUT2D eigenvalue weighted by Gasteiger charge is 1.76. The molecule has 0 radical (unpaired) electrons. The maximum Gasteiger partial charge on any atom is 0.300 e. The van der Waals surface area contributed by atoms with Gasteiger partial charge < -0.3 is 15.0 Å². The molecule has 0 fully saturated rings. The molecule has 0 aliphatic heterocycles. The number of carboxylic acid groups (broad SMARTS) is 1. The second-order valence-corrected chi connectivity index (χ2v) is 2.30. The molecule has 4 heteroatoms. The molecular weight excluding hydrogens is 172 g/mol. The van der Waals surface area contributed by atoms with E-state index in [0.29, 0.717) is 13.0 Å². The van der Waals surface area contributed by atoms with Crippen LogP contribution in [0.5, 0.6) is 0 Å². The highest BCUT2D eigenvalue weighted by atomic mass is 16.4. The highest BCUT2D eigenvalue weighted by Crippen LogP contribution is 1.71. The summed E-state index contributed by atoms with van der Waals surface area (Å²) >= 11 is 0. The first-order chi connectivity index (χ1) is 5.92. The minimum atomic E-state index is -0.833. The molecule has 0 rings (SSSR count). The lowest BCUT2D eigenvalue weighted by Crippen LogP contribution is -1.80. The maximum atomic E-state index is 9.81. The van der Waals surface area contributed by atoms with Crippen LogP contribution in [0.2, 0.25) is 0 Å². The largest absolute Gasteiger partial charge is 0.481 e. The van der Waals surface area contributed by atoms with Crippen LogP contribution in [-0.2, 0) is 9.59 Å². The quantitative estimate of drug-likeness (QED) is 0.694. The topological polar surface area (TPSA) is 74.6 Å². The smallest absolute Gasteiger partial charge is 0.300 e. The number of aliphatic hydroxyl groups excluding tert-OH is 1. The number of rotatable bonds is 2. The zero-order valence-electron chi connectivity index (χ0n) is 8.83. The van der Waals surface area contributed by atoms with Gasteiger partial charge in [-0.05, 0) is 13.3 Å². The molecule has 0 amide bonds. The van der Waals surface area contributed by atoms with E-state index in [4.69, 9.17) is 15.0 Å². The summed E-state index contributed by atoms with van der Waals surface area (Å²) in [6, 6.07) is 0. The molecule has 13 heavy (non-hydrogen) atoms. The van der Waals surface area contributed by atoms with Crippen molar-refractivity contribution in [2.24, 2.45) is 0 Å². The Kier molecular flexibility index (Phi) is 23.9. The van der Waals surface area contributed by atoms with Crippen LogP contribution < -0.4 is 0 Å². The molecule has 0 aromatic heterocycles. The van der Waals surface area contributed by atoms with Crippen LogP contribution in [0.1, 0.15) is 40.5 Å². The molecule has 0 saturated carbocycles. The summed E-state index contributed by atoms with van der Waals surface area (Å²) in [6.45, 7) is 6.77. The lowest BCUT2D eigenvalue weighted by atomic mass is 10.4. The number of hydrogen-bond donors (Lipinski definition) is 2. The number of carboxylic acids is 1. The second-order valence-electron chi connectivity index (χ2n) is 2.30. The van der Waals surface area contributed by atoms with E-state index in [-0.39, 0.29) is 5.78 Å². The van der Waals surface area contributed by atoms with Gasteiger partial charge in [0, 0.05) is 20.0 Å². The molecule has 0 saturated heterocycles. The second kappa shape index (κ2) is 17.3. The molecule has 4 nitrogen and oxygen atoms in total. The number of aliphatic carboxylic acids is 1. The van der Waals surface area contributed by atoms with Crippen LogP contribution >= 0.6 is 0 Å². The summed E-state index contributed by atoms with van der Waals surface area (Å²) in [5.74, 6) is -0.579. The fourth-order valence-corrected chi connectivity index (χ4v) is 0. The Labute approximate surface area is 79.6 Å². The van der Waals surface area contributed by atoms with Crippen molar-refractivity contribution >= 4 is 11.8 Å². The lowest BCUT2D eigenvalue weighted by molar-refractivity contribution is -0.134. The average Bonchev–Trinajstić information content (AvgIpc) is 2.04. The first-order valence-electron chi connectivity index (χ1n) is 4.22. The lowest BCUT2D eigenvalue weighted by Gasteiger charge is -1.71. The summed E-state index contributed by atoms with van der Waals surface area (Å²) in [5.41, 5.74) is 0. The third-order valence-corrected chi connectivity index (χ3v) is 0.721. The van der Waals surface area contributed by atoms with Crippen molar-refractivity contribution in [3.63, 3.8) is 0 Å². The van der Waals surface area contributed by atoms with Gasteiger partial charge in [0.15, 0.2) is 0 Å². The van der Waals surface area contributed by atoms with E-state index in [0.717, 1.165) is 13.3 Å². The van der Waals surface area contributed by atoms with Gasteiger partial charge in [0.05, 0.1) is 0 Å². The third-order valence-electron chi connectivity index (χ3n) is 0.721. The van der Waals surface area contributed by atoms with Crippen LogP contribution in [0.15, 0.2) is 0 Å². The van der Waals surface area contributed by atoms with Gasteiger partial charge in [-0.2, -0.15) is 0 Å².